The molecule has 0 N–H and O–H groups in total. The SMILES string of the molecule is O=C(c1ccnnc1)N1CCC2(CC1)C(=O)N(CC1CC1)C(=O)N2Cc1ccccc1. The molecule has 8 nitrogen and oxygen atoms in total. The number of hydrogen-bond donors (Lipinski definition) is 0. The summed E-state index contributed by atoms with van der Waals surface area (Å²) in [5, 5.41) is 7.51. The Morgan fingerprint density at radius 2 is 1.77 bits per heavy atom. The van der Waals surface area contributed by atoms with Crippen LogP contribution >= 0.6 is 0 Å². The van der Waals surface area contributed by atoms with E-state index in [1.165, 1.54) is 17.3 Å². The van der Waals surface area contributed by atoms with Gasteiger partial charge in [0, 0.05) is 26.2 Å². The van der Waals surface area contributed by atoms with E-state index in [0.717, 1.165) is 18.4 Å². The van der Waals surface area contributed by atoms with Crippen LogP contribution < -0.4 is 0 Å². The van der Waals surface area contributed by atoms with Gasteiger partial charge in [-0.1, -0.05) is 30.3 Å². The number of carbonyl (C=O) groups is 3. The maximum absolute atomic E-state index is 13.5. The van der Waals surface area contributed by atoms with Gasteiger partial charge in [0.1, 0.15) is 5.54 Å². The van der Waals surface area contributed by atoms with Gasteiger partial charge in [-0.3, -0.25) is 14.5 Å². The van der Waals surface area contributed by atoms with E-state index in [0.29, 0.717) is 50.5 Å². The minimum absolute atomic E-state index is 0.0991. The zero-order valence-electron chi connectivity index (χ0n) is 17.3. The van der Waals surface area contributed by atoms with Gasteiger partial charge in [0.05, 0.1) is 18.0 Å². The van der Waals surface area contributed by atoms with Crippen LogP contribution in [0.4, 0.5) is 4.79 Å². The zero-order chi connectivity index (χ0) is 21.4. The average molecular weight is 419 g/mol. The Labute approximate surface area is 180 Å². The fourth-order valence-electron chi connectivity index (χ4n) is 4.65. The average Bonchev–Trinajstić information content (AvgIpc) is 3.63. The van der Waals surface area contributed by atoms with E-state index in [1.54, 1.807) is 15.9 Å². The van der Waals surface area contributed by atoms with E-state index in [2.05, 4.69) is 10.2 Å². The highest BCUT2D eigenvalue weighted by Crippen LogP contribution is 2.41. The predicted octanol–water partition coefficient (Wildman–Crippen LogP) is 2.33. The van der Waals surface area contributed by atoms with Gasteiger partial charge < -0.3 is 9.80 Å². The Morgan fingerprint density at radius 3 is 2.42 bits per heavy atom. The van der Waals surface area contributed by atoms with E-state index >= 15 is 0 Å². The lowest BCUT2D eigenvalue weighted by Gasteiger charge is -2.42. The van der Waals surface area contributed by atoms with Crippen LogP contribution in [-0.4, -0.2) is 67.9 Å². The van der Waals surface area contributed by atoms with Gasteiger partial charge in [-0.05, 0) is 43.2 Å². The van der Waals surface area contributed by atoms with Crippen molar-refractivity contribution < 1.29 is 14.4 Å². The fourth-order valence-corrected chi connectivity index (χ4v) is 4.65. The topological polar surface area (TPSA) is 86.7 Å². The standard InChI is InChI=1S/C23H25N5O3/c29-20(19-8-11-24-25-14-19)26-12-9-23(10-13-26)21(30)27(15-18-6-7-18)22(31)28(23)16-17-4-2-1-3-5-17/h1-5,8,11,14,18H,6-7,9-10,12-13,15-16H2. The van der Waals surface area contributed by atoms with Crippen molar-refractivity contribution in [2.75, 3.05) is 19.6 Å². The number of aromatic nitrogens is 2. The van der Waals surface area contributed by atoms with Crippen LogP contribution in [0, 0.1) is 5.92 Å². The van der Waals surface area contributed by atoms with E-state index < -0.39 is 5.54 Å². The van der Waals surface area contributed by atoms with Crippen molar-refractivity contribution in [1.82, 2.24) is 24.9 Å². The van der Waals surface area contributed by atoms with Crippen LogP contribution in [0.5, 0.6) is 0 Å². The van der Waals surface area contributed by atoms with E-state index in [4.69, 9.17) is 0 Å². The molecule has 2 aliphatic heterocycles. The molecule has 1 aliphatic carbocycles. The number of rotatable bonds is 5. The van der Waals surface area contributed by atoms with Gasteiger partial charge >= 0.3 is 6.03 Å². The monoisotopic (exact) mass is 419 g/mol. The summed E-state index contributed by atoms with van der Waals surface area (Å²) in [6.45, 7) is 1.75. The minimum Gasteiger partial charge on any atom is -0.338 e. The maximum Gasteiger partial charge on any atom is 0.327 e. The first-order chi connectivity index (χ1) is 15.1. The smallest absolute Gasteiger partial charge is 0.327 e. The van der Waals surface area contributed by atoms with Crippen molar-refractivity contribution in [3.8, 4) is 0 Å². The first-order valence-electron chi connectivity index (χ1n) is 10.8. The molecule has 0 radical (unpaired) electrons. The van der Waals surface area contributed by atoms with Crippen LogP contribution in [-0.2, 0) is 11.3 Å². The summed E-state index contributed by atoms with van der Waals surface area (Å²) in [6, 6.07) is 11.2. The van der Waals surface area contributed by atoms with Gasteiger partial charge in [0.2, 0.25) is 0 Å². The van der Waals surface area contributed by atoms with Crippen molar-refractivity contribution >= 4 is 17.8 Å². The largest absolute Gasteiger partial charge is 0.338 e. The molecule has 5 rings (SSSR count). The van der Waals surface area contributed by atoms with Gasteiger partial charge in [0.15, 0.2) is 0 Å². The van der Waals surface area contributed by atoms with E-state index in [-0.39, 0.29) is 17.8 Å². The molecule has 31 heavy (non-hydrogen) atoms. The fraction of sp³-hybridized carbons (Fsp3) is 0.435. The summed E-state index contributed by atoms with van der Waals surface area (Å²) in [5.41, 5.74) is 0.601. The van der Waals surface area contributed by atoms with Crippen LogP contribution in [0.25, 0.3) is 0 Å². The molecule has 0 atom stereocenters. The summed E-state index contributed by atoms with van der Waals surface area (Å²) in [5.74, 6) is 0.214. The normalized spacial score (nSPS) is 20.6. The van der Waals surface area contributed by atoms with Crippen molar-refractivity contribution in [2.45, 2.75) is 37.8 Å². The molecule has 0 bridgehead atoms. The molecular weight excluding hydrogens is 394 g/mol. The van der Waals surface area contributed by atoms with Crippen LogP contribution in [0.2, 0.25) is 0 Å². The lowest BCUT2D eigenvalue weighted by molar-refractivity contribution is -0.135. The van der Waals surface area contributed by atoms with Gasteiger partial charge in [0.25, 0.3) is 11.8 Å². The van der Waals surface area contributed by atoms with E-state index in [1.807, 2.05) is 30.3 Å². The molecule has 1 saturated carbocycles. The van der Waals surface area contributed by atoms with Crippen LogP contribution in [0.1, 0.15) is 41.6 Å². The molecule has 8 heteroatoms. The third-order valence-corrected chi connectivity index (χ3v) is 6.65. The Morgan fingerprint density at radius 1 is 1.03 bits per heavy atom. The number of imide groups is 1. The summed E-state index contributed by atoms with van der Waals surface area (Å²) in [7, 11) is 0. The Balaban J connectivity index is 1.38. The molecular formula is C23H25N5O3. The maximum atomic E-state index is 13.5. The van der Waals surface area contributed by atoms with Gasteiger partial charge in [-0.15, -0.1) is 0 Å². The summed E-state index contributed by atoms with van der Waals surface area (Å²) < 4.78 is 0. The first-order valence-corrected chi connectivity index (χ1v) is 10.8. The van der Waals surface area contributed by atoms with Crippen molar-refractivity contribution in [2.24, 2.45) is 5.92 Å². The molecule has 1 aromatic heterocycles. The van der Waals surface area contributed by atoms with Gasteiger partial charge in [-0.2, -0.15) is 10.2 Å². The second-order valence-corrected chi connectivity index (χ2v) is 8.67. The molecule has 2 aromatic rings. The summed E-state index contributed by atoms with van der Waals surface area (Å²) >= 11 is 0. The van der Waals surface area contributed by atoms with E-state index in [9.17, 15) is 14.4 Å². The van der Waals surface area contributed by atoms with Gasteiger partial charge in [-0.25, -0.2) is 4.79 Å². The number of likely N-dealkylation sites (tertiary alicyclic amines) is 1. The summed E-state index contributed by atoms with van der Waals surface area (Å²) in [4.78, 5) is 44.7. The number of carbonyl (C=O) groups excluding carboxylic acids is 3. The van der Waals surface area contributed by atoms with Crippen LogP contribution in [0.3, 0.4) is 0 Å². The number of amides is 4. The Bertz CT molecular complexity index is 985. The molecule has 160 valence electrons. The first kappa shape index (κ1) is 19.7. The highest BCUT2D eigenvalue weighted by molar-refractivity contribution is 6.07. The zero-order valence-corrected chi connectivity index (χ0v) is 17.3. The lowest BCUT2D eigenvalue weighted by Crippen LogP contribution is -2.57. The number of benzene rings is 1. The molecule has 4 amide bonds. The van der Waals surface area contributed by atoms with Crippen molar-refractivity contribution in [3.63, 3.8) is 0 Å². The molecule has 2 saturated heterocycles. The Hall–Kier alpha value is -3.29. The molecule has 3 heterocycles. The summed E-state index contributed by atoms with van der Waals surface area (Å²) in [6.07, 6.45) is 5.98. The Kier molecular flexibility index (Phi) is 4.92. The molecule has 3 fully saturated rings. The molecule has 1 aromatic carbocycles. The molecule has 0 unspecified atom stereocenters. The minimum atomic E-state index is -0.880. The van der Waals surface area contributed by atoms with Crippen molar-refractivity contribution in [1.29, 1.82) is 0 Å². The van der Waals surface area contributed by atoms with Crippen molar-refractivity contribution in [3.05, 3.63) is 59.9 Å². The third kappa shape index (κ3) is 3.56. The second-order valence-electron chi connectivity index (χ2n) is 8.67. The van der Waals surface area contributed by atoms with Crippen LogP contribution in [0.15, 0.2) is 48.8 Å². The number of hydrogen-bond acceptors (Lipinski definition) is 5. The highest BCUT2D eigenvalue weighted by atomic mass is 16.2. The predicted molar refractivity (Wildman–Crippen MR) is 112 cm³/mol. The molecule has 1 spiro atoms. The second kappa shape index (κ2) is 7.76. The molecule has 3 aliphatic rings. The number of urea groups is 1. The quantitative estimate of drug-likeness (QED) is 0.695. The number of nitrogens with zero attached hydrogens (tertiary/aromatic N) is 5. The third-order valence-electron chi connectivity index (χ3n) is 6.65. The lowest BCUT2D eigenvalue weighted by atomic mass is 9.85. The highest BCUT2D eigenvalue weighted by Gasteiger charge is 2.58. The number of piperidine rings is 1.